The highest BCUT2D eigenvalue weighted by atomic mass is 16.5. The molecule has 1 aliphatic heterocycles. The lowest BCUT2D eigenvalue weighted by atomic mass is 9.82. The predicted octanol–water partition coefficient (Wildman–Crippen LogP) is 6.00. The largest absolute Gasteiger partial charge is 0.496 e. The van der Waals surface area contributed by atoms with Gasteiger partial charge < -0.3 is 14.8 Å². The second-order valence-electron chi connectivity index (χ2n) is 10.9. The van der Waals surface area contributed by atoms with Crippen LogP contribution in [0.3, 0.4) is 0 Å². The number of rotatable bonds is 10. The monoisotopic (exact) mass is 486 g/mol. The van der Waals surface area contributed by atoms with E-state index >= 15 is 0 Å². The number of likely N-dealkylation sites (tertiary alicyclic amines) is 1. The van der Waals surface area contributed by atoms with Gasteiger partial charge in [-0.15, -0.1) is 0 Å². The number of methoxy groups -OCH3 is 2. The Morgan fingerprint density at radius 3 is 2.11 bits per heavy atom. The zero-order chi connectivity index (χ0) is 25.5. The van der Waals surface area contributed by atoms with Crippen molar-refractivity contribution in [3.05, 3.63) is 101 Å². The van der Waals surface area contributed by atoms with E-state index in [0.717, 1.165) is 38.4 Å². The summed E-state index contributed by atoms with van der Waals surface area (Å²) in [5.41, 5.74) is 5.36. The maximum atomic E-state index is 5.75. The van der Waals surface area contributed by atoms with E-state index in [0.29, 0.717) is 12.1 Å². The van der Waals surface area contributed by atoms with Gasteiger partial charge >= 0.3 is 0 Å². The highest BCUT2D eigenvalue weighted by Gasteiger charge is 2.40. The van der Waals surface area contributed by atoms with E-state index in [1.54, 1.807) is 14.2 Å². The fraction of sp³-hybridized carbons (Fsp3) is 0.438. The van der Waals surface area contributed by atoms with Crippen LogP contribution in [0, 0.1) is 0 Å². The molecule has 0 spiro atoms. The SMILES string of the molecule is COCCN1CC[C@H](NCc2cc(C(C)(C)C)ccc2OC)[C@@H]1C(c1ccccc1)c1ccccc1. The molecule has 0 radical (unpaired) electrons. The Kier molecular flexibility index (Phi) is 8.84. The molecular formula is C32H42N2O2. The van der Waals surface area contributed by atoms with Crippen LogP contribution in [-0.2, 0) is 16.7 Å². The summed E-state index contributed by atoms with van der Waals surface area (Å²) < 4.78 is 11.3. The Hall–Kier alpha value is -2.66. The number of nitrogens with zero attached hydrogens (tertiary/aromatic N) is 1. The molecule has 0 unspecified atom stereocenters. The molecule has 0 bridgehead atoms. The van der Waals surface area contributed by atoms with E-state index in [9.17, 15) is 0 Å². The van der Waals surface area contributed by atoms with Crippen LogP contribution >= 0.6 is 0 Å². The minimum absolute atomic E-state index is 0.0968. The van der Waals surface area contributed by atoms with Crippen LogP contribution in [0.15, 0.2) is 78.9 Å². The smallest absolute Gasteiger partial charge is 0.123 e. The highest BCUT2D eigenvalue weighted by molar-refractivity contribution is 5.40. The van der Waals surface area contributed by atoms with Gasteiger partial charge in [0.2, 0.25) is 0 Å². The summed E-state index contributed by atoms with van der Waals surface area (Å²) in [4.78, 5) is 2.62. The van der Waals surface area contributed by atoms with Crippen molar-refractivity contribution in [1.82, 2.24) is 10.2 Å². The number of nitrogens with one attached hydrogen (secondary N) is 1. The fourth-order valence-electron chi connectivity index (χ4n) is 5.55. The van der Waals surface area contributed by atoms with E-state index in [1.165, 1.54) is 22.3 Å². The maximum absolute atomic E-state index is 5.75. The van der Waals surface area contributed by atoms with Crippen molar-refractivity contribution in [3.8, 4) is 5.75 Å². The second-order valence-corrected chi connectivity index (χ2v) is 10.9. The van der Waals surface area contributed by atoms with Crippen molar-refractivity contribution in [2.75, 3.05) is 33.9 Å². The van der Waals surface area contributed by atoms with E-state index < -0.39 is 0 Å². The molecule has 192 valence electrons. The molecule has 0 aliphatic carbocycles. The molecule has 4 nitrogen and oxygen atoms in total. The van der Waals surface area contributed by atoms with Gasteiger partial charge in [-0.3, -0.25) is 4.90 Å². The van der Waals surface area contributed by atoms with Gasteiger partial charge in [-0.2, -0.15) is 0 Å². The van der Waals surface area contributed by atoms with E-state index in [4.69, 9.17) is 9.47 Å². The van der Waals surface area contributed by atoms with Gasteiger partial charge in [0.05, 0.1) is 13.7 Å². The lowest BCUT2D eigenvalue weighted by Crippen LogP contribution is -2.47. The number of hydrogen-bond donors (Lipinski definition) is 1. The standard InChI is InChI=1S/C32H42N2O2/c1-32(2,3)27-16-17-29(36-5)26(22-27)23-33-28-18-19-34(20-21-35-4)31(28)30(24-12-8-6-9-13-24)25-14-10-7-11-15-25/h6-17,22,28,30-31,33H,18-21,23H2,1-5H3/t28-,31+/m0/s1. The summed E-state index contributed by atoms with van der Waals surface area (Å²) in [5.74, 6) is 1.22. The molecule has 0 aromatic heterocycles. The summed E-state index contributed by atoms with van der Waals surface area (Å²) in [5, 5.41) is 3.97. The quantitative estimate of drug-likeness (QED) is 0.381. The topological polar surface area (TPSA) is 33.7 Å². The minimum Gasteiger partial charge on any atom is -0.496 e. The molecule has 3 aromatic rings. The maximum Gasteiger partial charge on any atom is 0.123 e. The van der Waals surface area contributed by atoms with Crippen LogP contribution in [0.1, 0.15) is 55.4 Å². The van der Waals surface area contributed by atoms with Gasteiger partial charge in [-0.1, -0.05) is 93.6 Å². The van der Waals surface area contributed by atoms with Crippen molar-refractivity contribution in [1.29, 1.82) is 0 Å². The van der Waals surface area contributed by atoms with Gasteiger partial charge in [0, 0.05) is 50.3 Å². The molecule has 0 saturated carbocycles. The van der Waals surface area contributed by atoms with Crippen molar-refractivity contribution in [2.24, 2.45) is 0 Å². The molecule has 4 rings (SSSR count). The highest BCUT2D eigenvalue weighted by Crippen LogP contribution is 2.37. The summed E-state index contributed by atoms with van der Waals surface area (Å²) in [7, 11) is 3.56. The Morgan fingerprint density at radius 2 is 1.56 bits per heavy atom. The molecule has 3 aromatic carbocycles. The van der Waals surface area contributed by atoms with Crippen LogP contribution < -0.4 is 10.1 Å². The first-order valence-electron chi connectivity index (χ1n) is 13.2. The van der Waals surface area contributed by atoms with Gasteiger partial charge in [0.25, 0.3) is 0 Å². The number of benzene rings is 3. The Bertz CT molecular complexity index is 1040. The fourth-order valence-corrected chi connectivity index (χ4v) is 5.55. The lowest BCUT2D eigenvalue weighted by molar-refractivity contribution is 0.130. The molecule has 4 heteroatoms. The zero-order valence-electron chi connectivity index (χ0n) is 22.5. The van der Waals surface area contributed by atoms with Crippen molar-refractivity contribution in [2.45, 2.75) is 57.2 Å². The van der Waals surface area contributed by atoms with Crippen molar-refractivity contribution >= 4 is 0 Å². The third-order valence-corrected chi connectivity index (χ3v) is 7.50. The third-order valence-electron chi connectivity index (χ3n) is 7.50. The molecular weight excluding hydrogens is 444 g/mol. The van der Waals surface area contributed by atoms with Crippen LogP contribution in [0.25, 0.3) is 0 Å². The first kappa shape index (κ1) is 26.4. The first-order chi connectivity index (χ1) is 17.4. The van der Waals surface area contributed by atoms with Gasteiger partial charge in [-0.05, 0) is 34.6 Å². The minimum atomic E-state index is 0.0968. The predicted molar refractivity (Wildman–Crippen MR) is 149 cm³/mol. The Labute approximate surface area is 217 Å². The lowest BCUT2D eigenvalue weighted by Gasteiger charge is -2.36. The third kappa shape index (κ3) is 6.18. The van der Waals surface area contributed by atoms with Gasteiger partial charge in [0.1, 0.15) is 5.75 Å². The number of ether oxygens (including phenoxy) is 2. The molecule has 1 saturated heterocycles. The second kappa shape index (κ2) is 12.1. The van der Waals surface area contributed by atoms with Crippen molar-refractivity contribution < 1.29 is 9.47 Å². The molecule has 36 heavy (non-hydrogen) atoms. The molecule has 1 heterocycles. The summed E-state index contributed by atoms with van der Waals surface area (Å²) >= 11 is 0. The normalized spacial score (nSPS) is 18.6. The van der Waals surface area contributed by atoms with Gasteiger partial charge in [0.15, 0.2) is 0 Å². The molecule has 1 aliphatic rings. The van der Waals surface area contributed by atoms with E-state index in [-0.39, 0.29) is 11.3 Å². The van der Waals surface area contributed by atoms with Crippen LogP contribution in [-0.4, -0.2) is 50.9 Å². The Balaban J connectivity index is 1.66. The van der Waals surface area contributed by atoms with E-state index in [2.05, 4.69) is 110 Å². The summed E-state index contributed by atoms with van der Waals surface area (Å²) in [6.07, 6.45) is 1.10. The zero-order valence-corrected chi connectivity index (χ0v) is 22.5. The summed E-state index contributed by atoms with van der Waals surface area (Å²) in [6, 6.07) is 29.2. The van der Waals surface area contributed by atoms with Crippen LogP contribution in [0.4, 0.5) is 0 Å². The molecule has 2 atom stereocenters. The van der Waals surface area contributed by atoms with Crippen LogP contribution in [0.5, 0.6) is 5.75 Å². The molecule has 0 amide bonds. The number of hydrogen-bond acceptors (Lipinski definition) is 4. The van der Waals surface area contributed by atoms with Gasteiger partial charge in [-0.25, -0.2) is 0 Å². The van der Waals surface area contributed by atoms with E-state index in [1.807, 2.05) is 0 Å². The molecule has 1 fully saturated rings. The Morgan fingerprint density at radius 1 is 0.917 bits per heavy atom. The first-order valence-corrected chi connectivity index (χ1v) is 13.2. The van der Waals surface area contributed by atoms with Crippen LogP contribution in [0.2, 0.25) is 0 Å². The average Bonchev–Trinajstić information content (AvgIpc) is 3.29. The average molecular weight is 487 g/mol. The summed E-state index contributed by atoms with van der Waals surface area (Å²) in [6.45, 7) is 10.3. The molecule has 1 N–H and O–H groups in total. The van der Waals surface area contributed by atoms with Crippen molar-refractivity contribution in [3.63, 3.8) is 0 Å².